The fraction of sp³-hybridized carbons (Fsp3) is 0.450. The summed E-state index contributed by atoms with van der Waals surface area (Å²) in [7, 11) is 2.37. The summed E-state index contributed by atoms with van der Waals surface area (Å²) in [6, 6.07) is 5.44. The lowest BCUT2D eigenvalue weighted by atomic mass is 9.78. The highest BCUT2D eigenvalue weighted by molar-refractivity contribution is 7.98. The minimum absolute atomic E-state index is 0.118. The fourth-order valence-corrected chi connectivity index (χ4v) is 3.49. The molecule has 0 aliphatic carbocycles. The first-order chi connectivity index (χ1) is 14.1. The molecule has 158 valence electrons. The zero-order valence-corrected chi connectivity index (χ0v) is 18.9. The molecule has 1 aromatic carbocycles. The summed E-state index contributed by atoms with van der Waals surface area (Å²) in [5, 5.41) is 9.94. The van der Waals surface area contributed by atoms with Gasteiger partial charge in [-0.15, -0.1) is 0 Å². The van der Waals surface area contributed by atoms with Gasteiger partial charge in [-0.1, -0.05) is 11.8 Å². The lowest BCUT2D eigenvalue weighted by Crippen LogP contribution is -2.41. The standard InChI is InChI=1S/C20H24BN3O5S/c1-19(2)20(3,4)29-21(28-19)11-8-13(26-5)15(14(9-11)27-6)16-12(10-22)17(25)24-18(23-16)30-7/h8-9H,1-7H3,(H,23,24,25). The van der Waals surface area contributed by atoms with E-state index in [9.17, 15) is 10.1 Å². The molecule has 2 heterocycles. The number of benzene rings is 1. The molecule has 3 rings (SSSR count). The largest absolute Gasteiger partial charge is 0.496 e. The van der Waals surface area contributed by atoms with Gasteiger partial charge in [-0.25, -0.2) is 4.98 Å². The molecule has 0 unspecified atom stereocenters. The topological polar surface area (TPSA) is 106 Å². The lowest BCUT2D eigenvalue weighted by Gasteiger charge is -2.32. The summed E-state index contributed by atoms with van der Waals surface area (Å²) >= 11 is 1.26. The number of aromatic nitrogens is 2. The van der Waals surface area contributed by atoms with Crippen LogP contribution >= 0.6 is 11.8 Å². The van der Waals surface area contributed by atoms with Crippen LogP contribution in [-0.4, -0.2) is 48.8 Å². The van der Waals surface area contributed by atoms with Gasteiger partial charge in [0.1, 0.15) is 28.8 Å². The molecule has 0 amide bonds. The Bertz CT molecular complexity index is 1040. The van der Waals surface area contributed by atoms with Crippen LogP contribution in [0.4, 0.5) is 0 Å². The van der Waals surface area contributed by atoms with Crippen molar-refractivity contribution in [3.63, 3.8) is 0 Å². The first-order valence-electron chi connectivity index (χ1n) is 9.29. The highest BCUT2D eigenvalue weighted by Gasteiger charge is 2.52. The van der Waals surface area contributed by atoms with Gasteiger partial charge < -0.3 is 23.8 Å². The molecule has 30 heavy (non-hydrogen) atoms. The number of nitriles is 1. The van der Waals surface area contributed by atoms with Crippen molar-refractivity contribution in [2.75, 3.05) is 20.5 Å². The third-order valence-electron chi connectivity index (χ3n) is 5.49. The average Bonchev–Trinajstić information content (AvgIpc) is 2.93. The Kier molecular flexibility index (Phi) is 5.91. The highest BCUT2D eigenvalue weighted by atomic mass is 32.2. The van der Waals surface area contributed by atoms with Crippen LogP contribution in [0.3, 0.4) is 0 Å². The van der Waals surface area contributed by atoms with Crippen molar-refractivity contribution in [2.45, 2.75) is 44.1 Å². The van der Waals surface area contributed by atoms with Gasteiger partial charge in [0.25, 0.3) is 5.56 Å². The summed E-state index contributed by atoms with van der Waals surface area (Å²) in [6.45, 7) is 7.89. The highest BCUT2D eigenvalue weighted by Crippen LogP contribution is 2.40. The normalized spacial score (nSPS) is 16.9. The minimum Gasteiger partial charge on any atom is -0.496 e. The fourth-order valence-electron chi connectivity index (χ4n) is 3.11. The van der Waals surface area contributed by atoms with Crippen molar-refractivity contribution in [3.8, 4) is 28.8 Å². The van der Waals surface area contributed by atoms with E-state index in [-0.39, 0.29) is 11.3 Å². The van der Waals surface area contributed by atoms with Gasteiger partial charge >= 0.3 is 7.12 Å². The van der Waals surface area contributed by atoms with E-state index >= 15 is 0 Å². The van der Waals surface area contributed by atoms with Gasteiger partial charge in [0.15, 0.2) is 5.16 Å². The quantitative estimate of drug-likeness (QED) is 0.439. The Labute approximate surface area is 180 Å². The second-order valence-electron chi connectivity index (χ2n) is 7.80. The SMILES string of the molecule is COc1cc(B2OC(C)(C)C(C)(C)O2)cc(OC)c1-c1nc(SC)[nH]c(=O)c1C#N. The molecular weight excluding hydrogens is 405 g/mol. The lowest BCUT2D eigenvalue weighted by molar-refractivity contribution is 0.00578. The Balaban J connectivity index is 2.22. The molecule has 1 aliphatic rings. The zero-order valence-electron chi connectivity index (χ0n) is 18.1. The van der Waals surface area contributed by atoms with E-state index in [0.29, 0.717) is 27.7 Å². The Morgan fingerprint density at radius 3 is 2.10 bits per heavy atom. The molecule has 0 atom stereocenters. The van der Waals surface area contributed by atoms with Crippen LogP contribution in [0.2, 0.25) is 0 Å². The van der Waals surface area contributed by atoms with Crippen LogP contribution in [0.1, 0.15) is 33.3 Å². The van der Waals surface area contributed by atoms with Gasteiger partial charge in [-0.2, -0.15) is 5.26 Å². The van der Waals surface area contributed by atoms with E-state index in [1.807, 2.05) is 33.8 Å². The Morgan fingerprint density at radius 1 is 1.13 bits per heavy atom. The predicted molar refractivity (Wildman–Crippen MR) is 116 cm³/mol. The van der Waals surface area contributed by atoms with Gasteiger partial charge in [0.05, 0.1) is 31.0 Å². The number of nitrogens with one attached hydrogen (secondary N) is 1. The smallest absolute Gasteiger partial charge is 0.495 e. The van der Waals surface area contributed by atoms with Crippen molar-refractivity contribution >= 4 is 24.3 Å². The first-order valence-corrected chi connectivity index (χ1v) is 10.5. The number of hydrogen-bond acceptors (Lipinski definition) is 8. The zero-order chi connectivity index (χ0) is 22.3. The molecule has 2 aromatic rings. The van der Waals surface area contributed by atoms with Crippen molar-refractivity contribution < 1.29 is 18.8 Å². The average molecular weight is 429 g/mol. The minimum atomic E-state index is -0.629. The van der Waals surface area contributed by atoms with Crippen LogP contribution in [-0.2, 0) is 9.31 Å². The van der Waals surface area contributed by atoms with E-state index < -0.39 is 23.9 Å². The number of thioether (sulfide) groups is 1. The second-order valence-corrected chi connectivity index (χ2v) is 8.59. The van der Waals surface area contributed by atoms with E-state index in [1.54, 1.807) is 18.4 Å². The van der Waals surface area contributed by atoms with Gasteiger partial charge in [0.2, 0.25) is 0 Å². The van der Waals surface area contributed by atoms with Crippen molar-refractivity contribution in [2.24, 2.45) is 0 Å². The molecule has 1 N–H and O–H groups in total. The molecular formula is C20H24BN3O5S. The van der Waals surface area contributed by atoms with E-state index in [0.717, 1.165) is 0 Å². The van der Waals surface area contributed by atoms with Gasteiger partial charge in [-0.3, -0.25) is 4.79 Å². The number of ether oxygens (including phenoxy) is 2. The molecule has 8 nitrogen and oxygen atoms in total. The number of aromatic amines is 1. The van der Waals surface area contributed by atoms with Crippen LogP contribution in [0.25, 0.3) is 11.3 Å². The van der Waals surface area contributed by atoms with E-state index in [4.69, 9.17) is 18.8 Å². The molecule has 1 fully saturated rings. The Morgan fingerprint density at radius 2 is 1.67 bits per heavy atom. The van der Waals surface area contributed by atoms with E-state index in [1.165, 1.54) is 26.0 Å². The van der Waals surface area contributed by atoms with Crippen molar-refractivity contribution in [1.29, 1.82) is 5.26 Å². The summed E-state index contributed by atoms with van der Waals surface area (Å²) < 4.78 is 23.5. The van der Waals surface area contributed by atoms with Crippen LogP contribution in [0.15, 0.2) is 22.1 Å². The number of nitrogens with zero attached hydrogens (tertiary/aromatic N) is 2. The van der Waals surface area contributed by atoms with Gasteiger partial charge in [0, 0.05) is 0 Å². The molecule has 0 bridgehead atoms. The number of H-pyrrole nitrogens is 1. The molecule has 10 heteroatoms. The summed E-state index contributed by atoms with van der Waals surface area (Å²) in [4.78, 5) is 19.4. The second kappa shape index (κ2) is 7.98. The van der Waals surface area contributed by atoms with Crippen LogP contribution in [0, 0.1) is 11.3 Å². The molecule has 0 radical (unpaired) electrons. The summed E-state index contributed by atoms with van der Waals surface area (Å²) in [5.41, 5.74) is -0.352. The maximum absolute atomic E-state index is 12.4. The summed E-state index contributed by atoms with van der Waals surface area (Å²) in [6.07, 6.45) is 1.78. The number of hydrogen-bond donors (Lipinski definition) is 1. The monoisotopic (exact) mass is 429 g/mol. The Hall–Kier alpha value is -2.48. The molecule has 1 saturated heterocycles. The molecule has 1 aliphatic heterocycles. The predicted octanol–water partition coefficient (Wildman–Crippen LogP) is 2.35. The van der Waals surface area contributed by atoms with E-state index in [2.05, 4.69) is 9.97 Å². The van der Waals surface area contributed by atoms with Crippen LogP contribution in [0.5, 0.6) is 11.5 Å². The first kappa shape index (κ1) is 22.2. The summed E-state index contributed by atoms with van der Waals surface area (Å²) in [5.74, 6) is 0.779. The van der Waals surface area contributed by atoms with Crippen molar-refractivity contribution in [3.05, 3.63) is 28.0 Å². The number of rotatable bonds is 5. The molecule has 1 aromatic heterocycles. The van der Waals surface area contributed by atoms with Gasteiger partial charge in [-0.05, 0) is 51.5 Å². The molecule has 0 saturated carbocycles. The third-order valence-corrected chi connectivity index (χ3v) is 6.07. The van der Waals surface area contributed by atoms with Crippen LogP contribution < -0.4 is 20.5 Å². The van der Waals surface area contributed by atoms with Crippen molar-refractivity contribution in [1.82, 2.24) is 9.97 Å². The maximum atomic E-state index is 12.4. The molecule has 0 spiro atoms. The third kappa shape index (κ3) is 3.69. The number of methoxy groups -OCH3 is 2. The maximum Gasteiger partial charge on any atom is 0.495 e.